The number of hydrogen-bond acceptors (Lipinski definition) is 5. The first-order valence-electron chi connectivity index (χ1n) is 27.1. The maximum Gasteiger partial charge on any atom is 0.472 e. The molecule has 0 aliphatic rings. The lowest BCUT2D eigenvalue weighted by Crippen LogP contribution is -2.46. The van der Waals surface area contributed by atoms with Crippen LogP contribution in [0.15, 0.2) is 12.2 Å². The largest absolute Gasteiger partial charge is 0.472 e. The number of unbranched alkanes of at least 4 members (excludes halogenated alkanes) is 35. The summed E-state index contributed by atoms with van der Waals surface area (Å²) in [5.41, 5.74) is 0. The molecule has 0 fully saturated rings. The maximum absolute atomic E-state index is 12.9. The molecule has 1 amide bonds. The number of nitrogens with one attached hydrogen (secondary N) is 1. The minimum Gasteiger partial charge on any atom is -0.391 e. The minimum atomic E-state index is -4.31. The predicted octanol–water partition coefficient (Wildman–Crippen LogP) is 15.9. The van der Waals surface area contributed by atoms with Crippen LogP contribution in [-0.4, -0.2) is 73.4 Å². The number of quaternary nitrogens is 1. The van der Waals surface area contributed by atoms with Crippen LogP contribution < -0.4 is 5.32 Å². The molecule has 0 rings (SSSR count). The van der Waals surface area contributed by atoms with Crippen LogP contribution in [0.5, 0.6) is 0 Å². The number of amides is 1. The van der Waals surface area contributed by atoms with Gasteiger partial charge >= 0.3 is 7.82 Å². The summed E-state index contributed by atoms with van der Waals surface area (Å²) in [6, 6.07) is -0.754. The van der Waals surface area contributed by atoms with Gasteiger partial charge in [0, 0.05) is 6.42 Å². The van der Waals surface area contributed by atoms with Gasteiger partial charge in [-0.15, -0.1) is 0 Å². The number of phosphoric ester groups is 1. The summed E-state index contributed by atoms with van der Waals surface area (Å²) in [4.78, 5) is 23.2. The van der Waals surface area contributed by atoms with Gasteiger partial charge in [0.25, 0.3) is 0 Å². The van der Waals surface area contributed by atoms with Gasteiger partial charge in [0.2, 0.25) is 5.91 Å². The van der Waals surface area contributed by atoms with Crippen LogP contribution in [0.1, 0.15) is 271 Å². The normalized spacial score (nSPS) is 14.1. The molecular weight excluding hydrogens is 792 g/mol. The highest BCUT2D eigenvalue weighted by Crippen LogP contribution is 2.43. The molecule has 0 saturated heterocycles. The Morgan fingerprint density at radius 1 is 0.532 bits per heavy atom. The zero-order chi connectivity index (χ0) is 45.7. The van der Waals surface area contributed by atoms with E-state index in [2.05, 4.69) is 31.3 Å². The van der Waals surface area contributed by atoms with Gasteiger partial charge in [-0.25, -0.2) is 4.57 Å². The van der Waals surface area contributed by atoms with Crippen molar-refractivity contribution >= 4 is 13.7 Å². The van der Waals surface area contributed by atoms with Crippen molar-refractivity contribution in [3.8, 4) is 0 Å². The van der Waals surface area contributed by atoms with Crippen molar-refractivity contribution in [1.82, 2.24) is 5.32 Å². The minimum absolute atomic E-state index is 0.0773. The van der Waals surface area contributed by atoms with Crippen molar-refractivity contribution in [3.05, 3.63) is 12.2 Å². The third-order valence-corrected chi connectivity index (χ3v) is 13.5. The highest BCUT2D eigenvalue weighted by atomic mass is 31.2. The molecule has 0 radical (unpaired) electrons. The second kappa shape index (κ2) is 45.4. The van der Waals surface area contributed by atoms with E-state index < -0.39 is 20.0 Å². The Bertz CT molecular complexity index is 1020. The molecule has 62 heavy (non-hydrogen) atoms. The molecule has 9 heteroatoms. The molecule has 3 N–H and O–H groups in total. The van der Waals surface area contributed by atoms with Gasteiger partial charge in [-0.05, 0) is 38.5 Å². The van der Waals surface area contributed by atoms with Crippen LogP contribution in [0.25, 0.3) is 0 Å². The molecule has 8 nitrogen and oxygen atoms in total. The van der Waals surface area contributed by atoms with Crippen molar-refractivity contribution in [2.24, 2.45) is 0 Å². The molecule has 0 aliphatic carbocycles. The predicted molar refractivity (Wildman–Crippen MR) is 268 cm³/mol. The topological polar surface area (TPSA) is 105 Å². The molecule has 0 saturated carbocycles. The summed E-state index contributed by atoms with van der Waals surface area (Å²) in [6.07, 6.45) is 54.3. The molecule has 3 unspecified atom stereocenters. The fraction of sp³-hybridized carbons (Fsp3) is 0.943. The molecule has 0 aliphatic heterocycles. The number of phosphoric acid groups is 1. The van der Waals surface area contributed by atoms with Crippen molar-refractivity contribution in [2.75, 3.05) is 40.9 Å². The Labute approximate surface area is 386 Å². The lowest BCUT2D eigenvalue weighted by Gasteiger charge is -2.26. The zero-order valence-corrected chi connectivity index (χ0v) is 43.0. The SMILES string of the molecule is CCCCCCCCCC/C=C\CCCCCCCCCCCCCCCCCCCCCC(=O)NC(COP(=O)(O)OCC[N+](C)(C)C)C(O)CCCCCCCCCCC. The van der Waals surface area contributed by atoms with Gasteiger partial charge in [-0.3, -0.25) is 13.8 Å². The van der Waals surface area contributed by atoms with E-state index in [4.69, 9.17) is 9.05 Å². The summed E-state index contributed by atoms with van der Waals surface area (Å²) in [5.74, 6) is -0.142. The van der Waals surface area contributed by atoms with Crippen LogP contribution >= 0.6 is 7.82 Å². The van der Waals surface area contributed by atoms with Gasteiger partial charge in [-0.1, -0.05) is 238 Å². The molecular formula is C53H108N2O6P+. The Morgan fingerprint density at radius 2 is 0.871 bits per heavy atom. The van der Waals surface area contributed by atoms with E-state index >= 15 is 0 Å². The van der Waals surface area contributed by atoms with E-state index in [1.165, 1.54) is 205 Å². The van der Waals surface area contributed by atoms with Crippen molar-refractivity contribution in [1.29, 1.82) is 0 Å². The first-order valence-corrected chi connectivity index (χ1v) is 28.5. The zero-order valence-electron chi connectivity index (χ0n) is 42.1. The highest BCUT2D eigenvalue weighted by Gasteiger charge is 2.28. The lowest BCUT2D eigenvalue weighted by molar-refractivity contribution is -0.870. The third-order valence-electron chi connectivity index (χ3n) is 12.5. The summed E-state index contributed by atoms with van der Waals surface area (Å²) >= 11 is 0. The van der Waals surface area contributed by atoms with Gasteiger partial charge < -0.3 is 19.8 Å². The van der Waals surface area contributed by atoms with Crippen LogP contribution in [0, 0.1) is 0 Å². The number of allylic oxidation sites excluding steroid dienone is 2. The van der Waals surface area contributed by atoms with Gasteiger partial charge in [0.1, 0.15) is 13.2 Å². The van der Waals surface area contributed by atoms with Crippen LogP contribution in [0.2, 0.25) is 0 Å². The first kappa shape index (κ1) is 61.2. The van der Waals surface area contributed by atoms with E-state index in [0.29, 0.717) is 23.9 Å². The van der Waals surface area contributed by atoms with Crippen molar-refractivity contribution < 1.29 is 32.9 Å². The molecule has 370 valence electrons. The number of carbonyl (C=O) groups excluding carboxylic acids is 1. The number of aliphatic hydroxyl groups is 1. The maximum atomic E-state index is 12.9. The second-order valence-electron chi connectivity index (χ2n) is 20.0. The van der Waals surface area contributed by atoms with Gasteiger partial charge in [0.15, 0.2) is 0 Å². The molecule has 0 bridgehead atoms. The number of rotatable bonds is 50. The smallest absolute Gasteiger partial charge is 0.391 e. The Balaban J connectivity index is 3.91. The van der Waals surface area contributed by atoms with Gasteiger partial charge in [-0.2, -0.15) is 0 Å². The quantitative estimate of drug-likeness (QED) is 0.0243. The lowest BCUT2D eigenvalue weighted by atomic mass is 10.0. The van der Waals surface area contributed by atoms with E-state index in [9.17, 15) is 19.4 Å². The Morgan fingerprint density at radius 3 is 1.24 bits per heavy atom. The summed E-state index contributed by atoms with van der Waals surface area (Å²) < 4.78 is 23.6. The molecule has 0 heterocycles. The summed E-state index contributed by atoms with van der Waals surface area (Å²) in [6.45, 7) is 4.89. The fourth-order valence-electron chi connectivity index (χ4n) is 8.22. The van der Waals surface area contributed by atoms with Crippen molar-refractivity contribution in [3.63, 3.8) is 0 Å². The number of hydrogen-bond donors (Lipinski definition) is 3. The average molecular weight is 900 g/mol. The summed E-state index contributed by atoms with van der Waals surface area (Å²) in [7, 11) is 1.63. The number of carbonyl (C=O) groups is 1. The molecule has 0 spiro atoms. The molecule has 0 aromatic carbocycles. The standard InChI is InChI=1S/C53H107N2O6P/c1-6-8-10-12-14-16-17-18-19-20-21-22-23-24-25-26-27-28-29-30-31-32-33-34-35-36-37-39-41-43-45-47-53(57)54-51(50-61-62(58,59)60-49-48-55(3,4)5)52(56)46-44-42-40-38-15-13-11-9-7-2/h20-21,51-52,56H,6-19,22-50H2,1-5H3,(H-,54,57,58,59)/p+1/b21-20-. The molecule has 0 aromatic rings. The van der Waals surface area contributed by atoms with Gasteiger partial charge in [0.05, 0.1) is 39.9 Å². The first-order chi connectivity index (χ1) is 30.0. The van der Waals surface area contributed by atoms with Crippen LogP contribution in [0.4, 0.5) is 0 Å². The van der Waals surface area contributed by atoms with Crippen molar-refractivity contribution in [2.45, 2.75) is 283 Å². The number of likely N-dealkylation sites (N-methyl/N-ethyl adjacent to an activating group) is 1. The third kappa shape index (κ3) is 47.2. The van der Waals surface area contributed by atoms with E-state index in [1.807, 2.05) is 21.1 Å². The van der Waals surface area contributed by atoms with E-state index in [1.54, 1.807) is 0 Å². The van der Waals surface area contributed by atoms with E-state index in [0.717, 1.165) is 38.5 Å². The average Bonchev–Trinajstić information content (AvgIpc) is 3.23. The molecule has 0 aromatic heterocycles. The number of aliphatic hydroxyl groups excluding tert-OH is 1. The van der Waals surface area contributed by atoms with Crippen LogP contribution in [0.3, 0.4) is 0 Å². The molecule has 3 atom stereocenters. The number of nitrogens with zero attached hydrogens (tertiary/aromatic N) is 1. The highest BCUT2D eigenvalue weighted by molar-refractivity contribution is 7.47. The Kier molecular flexibility index (Phi) is 44.8. The monoisotopic (exact) mass is 900 g/mol. The Hall–Kier alpha value is -0.760. The summed E-state index contributed by atoms with van der Waals surface area (Å²) in [5, 5.41) is 13.9. The fourth-order valence-corrected chi connectivity index (χ4v) is 8.96. The van der Waals surface area contributed by atoms with Crippen LogP contribution in [-0.2, 0) is 18.4 Å². The second-order valence-corrected chi connectivity index (χ2v) is 21.4. The van der Waals surface area contributed by atoms with E-state index in [-0.39, 0.29) is 19.1 Å².